The summed E-state index contributed by atoms with van der Waals surface area (Å²) in [5.74, 6) is -0.0881. The number of Topliss-reactive ketones (excluding diaryl/α,β-unsaturated/α-hetero) is 1. The van der Waals surface area contributed by atoms with Crippen molar-refractivity contribution in [1.29, 1.82) is 0 Å². The van der Waals surface area contributed by atoms with Crippen LogP contribution in [0.3, 0.4) is 0 Å². The zero-order valence-electron chi connectivity index (χ0n) is 9.82. The molecule has 0 N–H and O–H groups in total. The van der Waals surface area contributed by atoms with Crippen LogP contribution in [-0.4, -0.2) is 41.5 Å². The molecule has 0 aromatic carbocycles. The Labute approximate surface area is 95.2 Å². The van der Waals surface area contributed by atoms with E-state index in [9.17, 15) is 9.59 Å². The Morgan fingerprint density at radius 3 is 2.69 bits per heavy atom. The first-order valence-corrected chi connectivity index (χ1v) is 5.20. The second-order valence-corrected chi connectivity index (χ2v) is 4.79. The van der Waals surface area contributed by atoms with E-state index in [1.165, 1.54) is 4.90 Å². The van der Waals surface area contributed by atoms with Gasteiger partial charge in [-0.25, -0.2) is 11.4 Å². The van der Waals surface area contributed by atoms with Crippen molar-refractivity contribution in [3.8, 4) is 0 Å². The minimum atomic E-state index is -0.721. The predicted octanol–water partition coefficient (Wildman–Crippen LogP) is 1.48. The first-order chi connectivity index (χ1) is 7.33. The summed E-state index contributed by atoms with van der Waals surface area (Å²) in [6, 6.07) is -0.721. The van der Waals surface area contributed by atoms with Gasteiger partial charge in [0.1, 0.15) is 12.1 Å². The van der Waals surface area contributed by atoms with Crippen molar-refractivity contribution < 1.29 is 14.3 Å². The summed E-state index contributed by atoms with van der Waals surface area (Å²) >= 11 is 0. The number of ketones is 1. The van der Waals surface area contributed by atoms with Gasteiger partial charge in [0, 0.05) is 13.0 Å². The maximum atomic E-state index is 11.7. The highest BCUT2D eigenvalue weighted by molar-refractivity contribution is 5.88. The van der Waals surface area contributed by atoms with Crippen LogP contribution in [0.15, 0.2) is 0 Å². The van der Waals surface area contributed by atoms with Crippen molar-refractivity contribution in [2.45, 2.75) is 38.8 Å². The fourth-order valence-electron chi connectivity index (χ4n) is 1.42. The first kappa shape index (κ1) is 12.5. The smallest absolute Gasteiger partial charge is 0.410 e. The fraction of sp³-hybridized carbons (Fsp3) is 0.727. The lowest BCUT2D eigenvalue weighted by molar-refractivity contribution is -0.121. The Morgan fingerprint density at radius 1 is 1.56 bits per heavy atom. The number of nitrogens with zero attached hydrogens (tertiary/aromatic N) is 2. The molecule has 0 radical (unpaired) electrons. The summed E-state index contributed by atoms with van der Waals surface area (Å²) < 4.78 is 5.18. The fourth-order valence-corrected chi connectivity index (χ4v) is 1.42. The molecule has 0 aromatic rings. The zero-order valence-corrected chi connectivity index (χ0v) is 9.82. The van der Waals surface area contributed by atoms with Gasteiger partial charge in [0.25, 0.3) is 6.04 Å². The zero-order chi connectivity index (χ0) is 12.3. The van der Waals surface area contributed by atoms with Gasteiger partial charge in [-0.15, -0.1) is 0 Å². The molecule has 0 saturated carbocycles. The van der Waals surface area contributed by atoms with Gasteiger partial charge in [-0.3, -0.25) is 9.69 Å². The largest absolute Gasteiger partial charge is 0.444 e. The molecule has 1 amide bonds. The van der Waals surface area contributed by atoms with Crippen LogP contribution in [0.5, 0.6) is 0 Å². The number of amides is 1. The maximum absolute atomic E-state index is 11.7. The lowest BCUT2D eigenvalue weighted by Gasteiger charge is -2.29. The van der Waals surface area contributed by atoms with Crippen LogP contribution in [0.4, 0.5) is 4.79 Å². The standard InChI is InChI=1S/C11H16N2O3/c1-11(2,3)16-10(15)13-6-5-9(14)8(7-13)12-4/h8H,5-7H2,1-3H3. The van der Waals surface area contributed by atoms with E-state index in [2.05, 4.69) is 4.85 Å². The van der Waals surface area contributed by atoms with Crippen molar-refractivity contribution >= 4 is 11.9 Å². The van der Waals surface area contributed by atoms with Gasteiger partial charge in [0.2, 0.25) is 5.78 Å². The second-order valence-electron chi connectivity index (χ2n) is 4.79. The molecule has 0 aliphatic carbocycles. The minimum absolute atomic E-state index is 0.0881. The summed E-state index contributed by atoms with van der Waals surface area (Å²) in [5.41, 5.74) is -0.549. The molecule has 5 nitrogen and oxygen atoms in total. The predicted molar refractivity (Wildman–Crippen MR) is 57.8 cm³/mol. The molecule has 16 heavy (non-hydrogen) atoms. The Balaban J connectivity index is 2.60. The van der Waals surface area contributed by atoms with Crippen molar-refractivity contribution in [2.24, 2.45) is 0 Å². The summed E-state index contributed by atoms with van der Waals surface area (Å²) in [4.78, 5) is 27.6. The molecule has 0 bridgehead atoms. The molecule has 5 heteroatoms. The molecule has 1 rings (SSSR count). The van der Waals surface area contributed by atoms with Gasteiger partial charge in [-0.2, -0.15) is 0 Å². The average Bonchev–Trinajstić information content (AvgIpc) is 2.15. The molecule has 1 fully saturated rings. The molecule has 88 valence electrons. The number of carbonyl (C=O) groups is 2. The van der Waals surface area contributed by atoms with Gasteiger partial charge in [0.05, 0.1) is 0 Å². The summed E-state index contributed by atoms with van der Waals surface area (Å²) in [5, 5.41) is 0. The molecular weight excluding hydrogens is 208 g/mol. The van der Waals surface area contributed by atoms with E-state index in [1.54, 1.807) is 20.8 Å². The number of ether oxygens (including phenoxy) is 1. The second kappa shape index (κ2) is 4.52. The highest BCUT2D eigenvalue weighted by Crippen LogP contribution is 2.15. The number of hydrogen-bond acceptors (Lipinski definition) is 3. The van der Waals surface area contributed by atoms with Crippen LogP contribution in [0.1, 0.15) is 27.2 Å². The van der Waals surface area contributed by atoms with Crippen molar-refractivity contribution in [3.05, 3.63) is 11.4 Å². The molecule has 0 aromatic heterocycles. The van der Waals surface area contributed by atoms with E-state index >= 15 is 0 Å². The topological polar surface area (TPSA) is 51.0 Å². The summed E-state index contributed by atoms with van der Waals surface area (Å²) in [7, 11) is 0. The van der Waals surface area contributed by atoms with Crippen molar-refractivity contribution in [3.63, 3.8) is 0 Å². The molecule has 1 unspecified atom stereocenters. The monoisotopic (exact) mass is 224 g/mol. The molecule has 1 heterocycles. The van der Waals surface area contributed by atoms with Gasteiger partial charge in [-0.05, 0) is 20.8 Å². The molecule has 1 aliphatic heterocycles. The van der Waals surface area contributed by atoms with Crippen LogP contribution >= 0.6 is 0 Å². The third kappa shape index (κ3) is 3.23. The van der Waals surface area contributed by atoms with Crippen LogP contribution in [0.25, 0.3) is 4.85 Å². The Morgan fingerprint density at radius 2 is 2.19 bits per heavy atom. The third-order valence-corrected chi connectivity index (χ3v) is 2.20. The molecule has 0 spiro atoms. The maximum Gasteiger partial charge on any atom is 0.410 e. The van der Waals surface area contributed by atoms with Crippen LogP contribution in [-0.2, 0) is 9.53 Å². The summed E-state index contributed by atoms with van der Waals surface area (Å²) in [6.45, 7) is 12.7. The van der Waals surface area contributed by atoms with E-state index in [4.69, 9.17) is 11.3 Å². The molecule has 1 aliphatic rings. The summed E-state index contributed by atoms with van der Waals surface area (Å²) in [6.07, 6.45) is -0.208. The third-order valence-electron chi connectivity index (χ3n) is 2.20. The van der Waals surface area contributed by atoms with E-state index in [0.717, 1.165) is 0 Å². The van der Waals surface area contributed by atoms with Gasteiger partial charge < -0.3 is 9.58 Å². The first-order valence-electron chi connectivity index (χ1n) is 5.20. The van der Waals surface area contributed by atoms with Gasteiger partial charge in [-0.1, -0.05) is 0 Å². The Bertz CT molecular complexity index is 338. The lowest BCUT2D eigenvalue weighted by atomic mass is 10.1. The van der Waals surface area contributed by atoms with Gasteiger partial charge >= 0.3 is 6.09 Å². The Kier molecular flexibility index (Phi) is 3.53. The number of carbonyl (C=O) groups excluding carboxylic acids is 2. The van der Waals surface area contributed by atoms with E-state index in [-0.39, 0.29) is 18.7 Å². The van der Waals surface area contributed by atoms with E-state index in [0.29, 0.717) is 6.54 Å². The quantitative estimate of drug-likeness (QED) is 0.586. The van der Waals surface area contributed by atoms with E-state index in [1.807, 2.05) is 0 Å². The number of piperidine rings is 1. The number of rotatable bonds is 0. The number of hydrogen-bond donors (Lipinski definition) is 0. The SMILES string of the molecule is [C-]#[N+]C1CN(C(=O)OC(C)(C)C)CCC1=O. The van der Waals surface area contributed by atoms with Crippen molar-refractivity contribution in [1.82, 2.24) is 4.90 Å². The highest BCUT2D eigenvalue weighted by atomic mass is 16.6. The average molecular weight is 224 g/mol. The highest BCUT2D eigenvalue weighted by Gasteiger charge is 2.35. The number of likely N-dealkylation sites (tertiary alicyclic amines) is 1. The van der Waals surface area contributed by atoms with E-state index < -0.39 is 17.7 Å². The molecule has 1 atom stereocenters. The Hall–Kier alpha value is -1.57. The van der Waals surface area contributed by atoms with Crippen LogP contribution < -0.4 is 0 Å². The van der Waals surface area contributed by atoms with Crippen LogP contribution in [0.2, 0.25) is 0 Å². The molecular formula is C11H16N2O3. The van der Waals surface area contributed by atoms with Crippen LogP contribution in [0, 0.1) is 6.57 Å². The van der Waals surface area contributed by atoms with Gasteiger partial charge in [0.15, 0.2) is 0 Å². The van der Waals surface area contributed by atoms with Crippen molar-refractivity contribution in [2.75, 3.05) is 13.1 Å². The normalized spacial score (nSPS) is 21.5. The lowest BCUT2D eigenvalue weighted by Crippen LogP contribution is -2.47. The molecule has 1 saturated heterocycles. The minimum Gasteiger partial charge on any atom is -0.444 e.